The van der Waals surface area contributed by atoms with E-state index in [9.17, 15) is 9.59 Å². The SMILES string of the molecule is Cc1nn(C)c(C)c1C(=O)C(=O)NC[C@@H]1CCCO1. The number of amides is 1. The predicted octanol–water partition coefficient (Wildman–Crippen LogP) is 0.515. The molecule has 1 aromatic heterocycles. The largest absolute Gasteiger partial charge is 0.376 e. The third-order valence-electron chi connectivity index (χ3n) is 3.46. The molecule has 2 rings (SSSR count). The molecule has 1 fully saturated rings. The Hall–Kier alpha value is -1.69. The first-order chi connectivity index (χ1) is 9.00. The molecule has 1 aliphatic heterocycles. The van der Waals surface area contributed by atoms with Crippen LogP contribution in [0.15, 0.2) is 0 Å². The van der Waals surface area contributed by atoms with Crippen LogP contribution in [0.4, 0.5) is 0 Å². The molecule has 1 aliphatic rings. The maximum Gasteiger partial charge on any atom is 0.292 e. The molecule has 104 valence electrons. The van der Waals surface area contributed by atoms with E-state index in [4.69, 9.17) is 4.74 Å². The van der Waals surface area contributed by atoms with E-state index in [1.165, 1.54) is 0 Å². The number of carbonyl (C=O) groups excluding carboxylic acids is 2. The van der Waals surface area contributed by atoms with Crippen molar-refractivity contribution < 1.29 is 14.3 Å². The molecule has 6 nitrogen and oxygen atoms in total. The first-order valence-electron chi connectivity index (χ1n) is 6.45. The molecule has 1 N–H and O–H groups in total. The zero-order chi connectivity index (χ0) is 14.0. The molecule has 0 spiro atoms. The molecule has 1 saturated heterocycles. The molecule has 19 heavy (non-hydrogen) atoms. The third-order valence-corrected chi connectivity index (χ3v) is 3.46. The molecule has 6 heteroatoms. The summed E-state index contributed by atoms with van der Waals surface area (Å²) in [6.07, 6.45) is 1.97. The summed E-state index contributed by atoms with van der Waals surface area (Å²) in [5.41, 5.74) is 1.68. The molecule has 2 heterocycles. The highest BCUT2D eigenvalue weighted by Gasteiger charge is 2.25. The summed E-state index contributed by atoms with van der Waals surface area (Å²) in [4.78, 5) is 24.0. The summed E-state index contributed by atoms with van der Waals surface area (Å²) in [6.45, 7) is 4.63. The number of ether oxygens (including phenoxy) is 1. The molecule has 0 saturated carbocycles. The normalized spacial score (nSPS) is 18.6. The van der Waals surface area contributed by atoms with Crippen molar-refractivity contribution in [3.8, 4) is 0 Å². The summed E-state index contributed by atoms with van der Waals surface area (Å²) in [5, 5.41) is 6.78. The number of hydrogen-bond acceptors (Lipinski definition) is 4. The number of nitrogens with one attached hydrogen (secondary N) is 1. The Morgan fingerprint density at radius 1 is 1.47 bits per heavy atom. The lowest BCUT2D eigenvalue weighted by Gasteiger charge is -2.10. The molecule has 0 radical (unpaired) electrons. The van der Waals surface area contributed by atoms with Crippen LogP contribution in [0.5, 0.6) is 0 Å². The second-order valence-electron chi connectivity index (χ2n) is 4.84. The van der Waals surface area contributed by atoms with Gasteiger partial charge in [-0.05, 0) is 26.7 Å². The van der Waals surface area contributed by atoms with E-state index in [-0.39, 0.29) is 6.10 Å². The summed E-state index contributed by atoms with van der Waals surface area (Å²) in [7, 11) is 1.75. The van der Waals surface area contributed by atoms with Crippen LogP contribution in [0.25, 0.3) is 0 Å². The highest BCUT2D eigenvalue weighted by Crippen LogP contribution is 2.13. The monoisotopic (exact) mass is 265 g/mol. The van der Waals surface area contributed by atoms with Gasteiger partial charge in [-0.3, -0.25) is 14.3 Å². The van der Waals surface area contributed by atoms with E-state index in [0.717, 1.165) is 19.4 Å². The van der Waals surface area contributed by atoms with Crippen LogP contribution >= 0.6 is 0 Å². The average molecular weight is 265 g/mol. The van der Waals surface area contributed by atoms with Crippen molar-refractivity contribution in [1.82, 2.24) is 15.1 Å². The van der Waals surface area contributed by atoms with E-state index in [0.29, 0.717) is 23.5 Å². The molecule has 1 atom stereocenters. The summed E-state index contributed by atoms with van der Waals surface area (Å²) < 4.78 is 7.00. The van der Waals surface area contributed by atoms with Crippen molar-refractivity contribution in [2.45, 2.75) is 32.8 Å². The Morgan fingerprint density at radius 3 is 2.74 bits per heavy atom. The van der Waals surface area contributed by atoms with Crippen LogP contribution in [0, 0.1) is 13.8 Å². The first-order valence-corrected chi connectivity index (χ1v) is 6.45. The van der Waals surface area contributed by atoms with E-state index in [1.54, 1.807) is 25.6 Å². The van der Waals surface area contributed by atoms with Crippen LogP contribution < -0.4 is 5.32 Å². The average Bonchev–Trinajstić information content (AvgIpc) is 2.96. The summed E-state index contributed by atoms with van der Waals surface area (Å²) >= 11 is 0. The van der Waals surface area contributed by atoms with E-state index in [1.807, 2.05) is 0 Å². The standard InChI is InChI=1S/C13H19N3O3/c1-8-11(9(2)16(3)15-8)12(17)13(18)14-7-10-5-4-6-19-10/h10H,4-7H2,1-3H3,(H,14,18)/t10-/m0/s1. The second-order valence-corrected chi connectivity index (χ2v) is 4.84. The van der Waals surface area contributed by atoms with Gasteiger partial charge in [-0.2, -0.15) is 5.10 Å². The summed E-state index contributed by atoms with van der Waals surface area (Å²) in [5.74, 6) is -1.12. The Bertz CT molecular complexity index is 501. The van der Waals surface area contributed by atoms with Crippen LogP contribution in [0.1, 0.15) is 34.6 Å². The minimum Gasteiger partial charge on any atom is -0.376 e. The van der Waals surface area contributed by atoms with Gasteiger partial charge in [0.1, 0.15) is 0 Å². The van der Waals surface area contributed by atoms with Gasteiger partial charge in [-0.1, -0.05) is 0 Å². The Kier molecular flexibility index (Phi) is 3.99. The maximum absolute atomic E-state index is 12.1. The lowest BCUT2D eigenvalue weighted by atomic mass is 10.1. The zero-order valence-electron chi connectivity index (χ0n) is 11.5. The van der Waals surface area contributed by atoms with Crippen molar-refractivity contribution >= 4 is 11.7 Å². The molecule has 0 unspecified atom stereocenters. The third kappa shape index (κ3) is 2.84. The van der Waals surface area contributed by atoms with Crippen LogP contribution in [0.3, 0.4) is 0 Å². The molecule has 0 bridgehead atoms. The topological polar surface area (TPSA) is 73.2 Å². The van der Waals surface area contributed by atoms with Crippen molar-refractivity contribution in [2.24, 2.45) is 7.05 Å². The predicted molar refractivity (Wildman–Crippen MR) is 69.0 cm³/mol. The number of aromatic nitrogens is 2. The maximum atomic E-state index is 12.1. The van der Waals surface area contributed by atoms with Gasteiger partial charge >= 0.3 is 0 Å². The number of nitrogens with zero attached hydrogens (tertiary/aromatic N) is 2. The van der Waals surface area contributed by atoms with Gasteiger partial charge in [0.05, 0.1) is 17.4 Å². The van der Waals surface area contributed by atoms with Gasteiger partial charge in [0.25, 0.3) is 11.7 Å². The lowest BCUT2D eigenvalue weighted by Crippen LogP contribution is -2.36. The number of rotatable bonds is 4. The molecule has 1 amide bonds. The number of hydrogen-bond donors (Lipinski definition) is 1. The first kappa shape index (κ1) is 13.7. The molecule has 0 aliphatic carbocycles. The van der Waals surface area contributed by atoms with E-state index >= 15 is 0 Å². The molecule has 1 aromatic rings. The number of aryl methyl sites for hydroxylation is 2. The zero-order valence-corrected chi connectivity index (χ0v) is 11.5. The minimum absolute atomic E-state index is 0.0350. The lowest BCUT2D eigenvalue weighted by molar-refractivity contribution is -0.117. The Balaban J connectivity index is 2.00. The van der Waals surface area contributed by atoms with Crippen LogP contribution in [-0.2, 0) is 16.6 Å². The van der Waals surface area contributed by atoms with Gasteiger partial charge in [0.2, 0.25) is 0 Å². The van der Waals surface area contributed by atoms with Gasteiger partial charge in [0.15, 0.2) is 0 Å². The molecular weight excluding hydrogens is 246 g/mol. The van der Waals surface area contributed by atoms with Crippen molar-refractivity contribution in [1.29, 1.82) is 0 Å². The second kappa shape index (κ2) is 5.52. The Morgan fingerprint density at radius 2 is 2.21 bits per heavy atom. The van der Waals surface area contributed by atoms with E-state index < -0.39 is 11.7 Å². The fourth-order valence-electron chi connectivity index (χ4n) is 2.31. The van der Waals surface area contributed by atoms with Gasteiger partial charge in [0, 0.05) is 25.9 Å². The Labute approximate surface area is 112 Å². The van der Waals surface area contributed by atoms with Crippen LogP contribution in [-0.4, -0.2) is 40.7 Å². The number of Topliss-reactive ketones (excluding diaryl/α,β-unsaturated/α-hetero) is 1. The van der Waals surface area contributed by atoms with Gasteiger partial charge in [-0.25, -0.2) is 0 Å². The van der Waals surface area contributed by atoms with Crippen molar-refractivity contribution in [3.63, 3.8) is 0 Å². The highest BCUT2D eigenvalue weighted by molar-refractivity contribution is 6.43. The van der Waals surface area contributed by atoms with Crippen molar-refractivity contribution in [2.75, 3.05) is 13.2 Å². The van der Waals surface area contributed by atoms with E-state index in [2.05, 4.69) is 10.4 Å². The van der Waals surface area contributed by atoms with Gasteiger partial charge < -0.3 is 10.1 Å². The highest BCUT2D eigenvalue weighted by atomic mass is 16.5. The van der Waals surface area contributed by atoms with Gasteiger partial charge in [-0.15, -0.1) is 0 Å². The fourth-order valence-corrected chi connectivity index (χ4v) is 2.31. The van der Waals surface area contributed by atoms with Crippen LogP contribution in [0.2, 0.25) is 0 Å². The number of carbonyl (C=O) groups is 2. The minimum atomic E-state index is -0.588. The summed E-state index contributed by atoms with van der Waals surface area (Å²) in [6, 6.07) is 0. The smallest absolute Gasteiger partial charge is 0.292 e. The number of ketones is 1. The quantitative estimate of drug-likeness (QED) is 0.636. The fraction of sp³-hybridized carbons (Fsp3) is 0.615. The molecular formula is C13H19N3O3. The molecule has 0 aromatic carbocycles. The van der Waals surface area contributed by atoms with Crippen molar-refractivity contribution in [3.05, 3.63) is 17.0 Å².